The van der Waals surface area contributed by atoms with Crippen molar-refractivity contribution >= 4 is 5.91 Å². The van der Waals surface area contributed by atoms with E-state index >= 15 is 0 Å². The Morgan fingerprint density at radius 3 is 2.84 bits per heavy atom. The second-order valence-corrected chi connectivity index (χ2v) is 4.76. The zero-order valence-electron chi connectivity index (χ0n) is 11.5. The summed E-state index contributed by atoms with van der Waals surface area (Å²) in [5.74, 6) is 0.214. The van der Waals surface area contributed by atoms with Crippen LogP contribution >= 0.6 is 0 Å². The largest absolute Gasteiger partial charge is 0.349 e. The SMILES string of the molecule is CC(C)c1cc(C(=O)NCCn2cccn2)n(C)n1. The average molecular weight is 261 g/mol. The van der Waals surface area contributed by atoms with Crippen LogP contribution in [-0.4, -0.2) is 32.0 Å². The Morgan fingerprint density at radius 1 is 1.47 bits per heavy atom. The summed E-state index contributed by atoms with van der Waals surface area (Å²) in [7, 11) is 1.79. The molecule has 2 aromatic rings. The highest BCUT2D eigenvalue weighted by Gasteiger charge is 2.14. The minimum atomic E-state index is -0.103. The van der Waals surface area contributed by atoms with Gasteiger partial charge in [0.15, 0.2) is 0 Å². The number of nitrogens with one attached hydrogen (secondary N) is 1. The normalized spacial score (nSPS) is 10.9. The lowest BCUT2D eigenvalue weighted by Gasteiger charge is -2.05. The summed E-state index contributed by atoms with van der Waals surface area (Å²) < 4.78 is 3.40. The number of aromatic nitrogens is 4. The number of aryl methyl sites for hydroxylation is 1. The molecule has 1 amide bonds. The molecule has 2 heterocycles. The third-order valence-corrected chi connectivity index (χ3v) is 2.91. The summed E-state index contributed by atoms with van der Waals surface area (Å²) in [6.07, 6.45) is 3.59. The Balaban J connectivity index is 1.92. The van der Waals surface area contributed by atoms with Crippen LogP contribution in [0.5, 0.6) is 0 Å². The molecule has 0 spiro atoms. The first-order valence-electron chi connectivity index (χ1n) is 6.37. The monoisotopic (exact) mass is 261 g/mol. The van der Waals surface area contributed by atoms with Crippen LogP contribution in [0.4, 0.5) is 0 Å². The molecule has 1 N–H and O–H groups in total. The maximum atomic E-state index is 12.0. The number of amides is 1. The molecule has 0 aliphatic rings. The molecular formula is C13H19N5O. The first-order chi connectivity index (χ1) is 9.08. The smallest absolute Gasteiger partial charge is 0.269 e. The molecule has 0 bridgehead atoms. The number of nitrogens with zero attached hydrogens (tertiary/aromatic N) is 4. The quantitative estimate of drug-likeness (QED) is 0.878. The topological polar surface area (TPSA) is 64.7 Å². The van der Waals surface area contributed by atoms with E-state index in [0.29, 0.717) is 24.7 Å². The predicted octanol–water partition coefficient (Wildman–Crippen LogP) is 1.17. The second kappa shape index (κ2) is 5.69. The molecule has 0 atom stereocenters. The molecule has 19 heavy (non-hydrogen) atoms. The Bertz CT molecular complexity index is 541. The Labute approximate surface area is 112 Å². The summed E-state index contributed by atoms with van der Waals surface area (Å²) in [5, 5.41) is 11.3. The minimum Gasteiger partial charge on any atom is -0.349 e. The van der Waals surface area contributed by atoms with E-state index in [1.165, 1.54) is 0 Å². The van der Waals surface area contributed by atoms with Crippen LogP contribution in [0.3, 0.4) is 0 Å². The van der Waals surface area contributed by atoms with E-state index in [-0.39, 0.29) is 5.91 Å². The van der Waals surface area contributed by atoms with Crippen LogP contribution in [0.15, 0.2) is 24.5 Å². The summed E-state index contributed by atoms with van der Waals surface area (Å²) in [6, 6.07) is 3.70. The highest BCUT2D eigenvalue weighted by atomic mass is 16.2. The van der Waals surface area contributed by atoms with Gasteiger partial charge in [0.2, 0.25) is 0 Å². The van der Waals surface area contributed by atoms with Crippen LogP contribution < -0.4 is 5.32 Å². The lowest BCUT2D eigenvalue weighted by atomic mass is 10.1. The van der Waals surface area contributed by atoms with Crippen molar-refractivity contribution in [3.63, 3.8) is 0 Å². The van der Waals surface area contributed by atoms with Gasteiger partial charge in [-0.15, -0.1) is 0 Å². The van der Waals surface area contributed by atoms with E-state index in [9.17, 15) is 4.79 Å². The van der Waals surface area contributed by atoms with Crippen molar-refractivity contribution in [3.8, 4) is 0 Å². The number of hydrogen-bond donors (Lipinski definition) is 1. The van der Waals surface area contributed by atoms with Crippen molar-refractivity contribution in [2.45, 2.75) is 26.3 Å². The molecule has 102 valence electrons. The van der Waals surface area contributed by atoms with E-state index in [4.69, 9.17) is 0 Å². The van der Waals surface area contributed by atoms with E-state index < -0.39 is 0 Å². The first-order valence-corrected chi connectivity index (χ1v) is 6.37. The van der Waals surface area contributed by atoms with E-state index in [2.05, 4.69) is 29.4 Å². The van der Waals surface area contributed by atoms with Gasteiger partial charge >= 0.3 is 0 Å². The van der Waals surface area contributed by atoms with Crippen LogP contribution in [-0.2, 0) is 13.6 Å². The third-order valence-electron chi connectivity index (χ3n) is 2.91. The third kappa shape index (κ3) is 3.21. The lowest BCUT2D eigenvalue weighted by Crippen LogP contribution is -2.28. The molecule has 0 saturated carbocycles. The van der Waals surface area contributed by atoms with Crippen molar-refractivity contribution in [2.24, 2.45) is 7.05 Å². The van der Waals surface area contributed by atoms with E-state index in [0.717, 1.165) is 5.69 Å². The van der Waals surface area contributed by atoms with Crippen molar-refractivity contribution in [1.82, 2.24) is 24.9 Å². The standard InChI is InChI=1S/C13H19N5O/c1-10(2)11-9-12(17(3)16-11)13(19)14-6-8-18-7-4-5-15-18/h4-5,7,9-10H,6,8H2,1-3H3,(H,14,19). The van der Waals surface area contributed by atoms with Gasteiger partial charge in [-0.2, -0.15) is 10.2 Å². The molecular weight excluding hydrogens is 242 g/mol. The first kappa shape index (κ1) is 13.3. The maximum Gasteiger partial charge on any atom is 0.269 e. The average Bonchev–Trinajstić information content (AvgIpc) is 2.98. The van der Waals surface area contributed by atoms with Gasteiger partial charge in [0.25, 0.3) is 5.91 Å². The molecule has 0 fully saturated rings. The fourth-order valence-corrected chi connectivity index (χ4v) is 1.79. The Kier molecular flexibility index (Phi) is 3.99. The molecule has 0 radical (unpaired) electrons. The molecule has 0 unspecified atom stereocenters. The number of rotatable bonds is 5. The van der Waals surface area contributed by atoms with Gasteiger partial charge in [-0.3, -0.25) is 14.2 Å². The van der Waals surface area contributed by atoms with Crippen LogP contribution in [0.25, 0.3) is 0 Å². The van der Waals surface area contributed by atoms with Crippen LogP contribution in [0.1, 0.15) is 35.9 Å². The van der Waals surface area contributed by atoms with Gasteiger partial charge < -0.3 is 5.32 Å². The van der Waals surface area contributed by atoms with Crippen molar-refractivity contribution in [1.29, 1.82) is 0 Å². The summed E-state index contributed by atoms with van der Waals surface area (Å²) >= 11 is 0. The van der Waals surface area contributed by atoms with Crippen molar-refractivity contribution < 1.29 is 4.79 Å². The molecule has 0 saturated heterocycles. The molecule has 6 heteroatoms. The maximum absolute atomic E-state index is 12.0. The summed E-state index contributed by atoms with van der Waals surface area (Å²) in [6.45, 7) is 5.32. The highest BCUT2D eigenvalue weighted by molar-refractivity contribution is 5.92. The van der Waals surface area contributed by atoms with Gasteiger partial charge in [-0.05, 0) is 18.1 Å². The number of carbonyl (C=O) groups is 1. The molecule has 0 aliphatic carbocycles. The van der Waals surface area contributed by atoms with Gasteiger partial charge in [-0.1, -0.05) is 13.8 Å². The van der Waals surface area contributed by atoms with Gasteiger partial charge in [-0.25, -0.2) is 0 Å². The zero-order valence-corrected chi connectivity index (χ0v) is 11.5. The van der Waals surface area contributed by atoms with E-state index in [1.54, 1.807) is 22.6 Å². The van der Waals surface area contributed by atoms with Crippen molar-refractivity contribution in [3.05, 3.63) is 35.9 Å². The summed E-state index contributed by atoms with van der Waals surface area (Å²) in [5.41, 5.74) is 1.52. The lowest BCUT2D eigenvalue weighted by molar-refractivity contribution is 0.0942. The predicted molar refractivity (Wildman–Crippen MR) is 71.9 cm³/mol. The Hall–Kier alpha value is -2.11. The van der Waals surface area contributed by atoms with Crippen LogP contribution in [0.2, 0.25) is 0 Å². The van der Waals surface area contributed by atoms with Crippen molar-refractivity contribution in [2.75, 3.05) is 6.54 Å². The molecule has 2 aromatic heterocycles. The van der Waals surface area contributed by atoms with Crippen LogP contribution in [0, 0.1) is 0 Å². The molecule has 0 aliphatic heterocycles. The van der Waals surface area contributed by atoms with E-state index in [1.807, 2.05) is 18.3 Å². The highest BCUT2D eigenvalue weighted by Crippen LogP contribution is 2.13. The van der Waals surface area contributed by atoms with Gasteiger partial charge in [0.05, 0.1) is 12.2 Å². The number of hydrogen-bond acceptors (Lipinski definition) is 3. The van der Waals surface area contributed by atoms with Gasteiger partial charge in [0, 0.05) is 26.0 Å². The summed E-state index contributed by atoms with van der Waals surface area (Å²) in [4.78, 5) is 12.0. The zero-order chi connectivity index (χ0) is 13.8. The fourth-order valence-electron chi connectivity index (χ4n) is 1.79. The van der Waals surface area contributed by atoms with Gasteiger partial charge in [0.1, 0.15) is 5.69 Å². The second-order valence-electron chi connectivity index (χ2n) is 4.76. The minimum absolute atomic E-state index is 0.103. The fraction of sp³-hybridized carbons (Fsp3) is 0.462. The molecule has 2 rings (SSSR count). The molecule has 6 nitrogen and oxygen atoms in total. The number of carbonyl (C=O) groups excluding carboxylic acids is 1. The molecule has 0 aromatic carbocycles. The Morgan fingerprint density at radius 2 is 2.26 bits per heavy atom.